The van der Waals surface area contributed by atoms with Crippen molar-refractivity contribution in [3.8, 4) is 0 Å². The summed E-state index contributed by atoms with van der Waals surface area (Å²) in [5.41, 5.74) is 1.83. The Kier molecular flexibility index (Phi) is 6.72. The molecule has 2 aliphatic rings. The molecule has 3 aromatic carbocycles. The van der Waals surface area contributed by atoms with Crippen LogP contribution in [0.4, 0.5) is 16.2 Å². The first-order valence-electron chi connectivity index (χ1n) is 12.7. The van der Waals surface area contributed by atoms with Crippen molar-refractivity contribution in [1.29, 1.82) is 0 Å². The number of nitrogens with one attached hydrogen (secondary N) is 1. The van der Waals surface area contributed by atoms with Crippen molar-refractivity contribution >= 4 is 46.5 Å². The Morgan fingerprint density at radius 3 is 2.44 bits per heavy atom. The van der Waals surface area contributed by atoms with Crippen LogP contribution in [0.2, 0.25) is 5.02 Å². The van der Waals surface area contributed by atoms with Gasteiger partial charge in [0, 0.05) is 22.6 Å². The monoisotopic (exact) mass is 544 g/mol. The Labute approximate surface area is 232 Å². The first-order chi connectivity index (χ1) is 18.5. The quantitative estimate of drug-likeness (QED) is 0.363. The number of carbonyl (C=O) groups excluding carboxylic acids is 3. The van der Waals surface area contributed by atoms with E-state index in [0.29, 0.717) is 45.2 Å². The normalized spacial score (nSPS) is 18.7. The molecule has 1 atom stereocenters. The average molecular weight is 545 g/mol. The van der Waals surface area contributed by atoms with E-state index >= 15 is 0 Å². The van der Waals surface area contributed by atoms with Crippen LogP contribution < -0.4 is 10.2 Å². The van der Waals surface area contributed by atoms with Crippen LogP contribution in [0, 0.1) is 0 Å². The molecule has 200 valence electrons. The SMILES string of the molecule is CC1=C(c2ccccc2NC(=O)OC(C)(C)C)C(=O)O[C@]2(C1)C(=O)N(Cc1ccccc1)c1cc(Cl)ccc12. The van der Waals surface area contributed by atoms with Crippen molar-refractivity contribution in [1.82, 2.24) is 0 Å². The Balaban J connectivity index is 1.53. The minimum absolute atomic E-state index is 0.160. The molecule has 5 rings (SSSR count). The van der Waals surface area contributed by atoms with Crippen molar-refractivity contribution in [2.75, 3.05) is 10.2 Å². The van der Waals surface area contributed by atoms with Gasteiger partial charge >= 0.3 is 12.1 Å². The lowest BCUT2D eigenvalue weighted by molar-refractivity contribution is -0.163. The number of para-hydroxylation sites is 1. The third-order valence-electron chi connectivity index (χ3n) is 6.70. The lowest BCUT2D eigenvalue weighted by atomic mass is 9.82. The molecule has 8 heteroatoms. The fourth-order valence-corrected chi connectivity index (χ4v) is 5.32. The predicted octanol–water partition coefficient (Wildman–Crippen LogP) is 6.85. The molecule has 0 fully saturated rings. The molecule has 0 radical (unpaired) electrons. The predicted molar refractivity (Wildman–Crippen MR) is 150 cm³/mol. The number of amides is 2. The Morgan fingerprint density at radius 1 is 1.05 bits per heavy atom. The summed E-state index contributed by atoms with van der Waals surface area (Å²) >= 11 is 6.33. The van der Waals surface area contributed by atoms with E-state index in [9.17, 15) is 14.4 Å². The minimum Gasteiger partial charge on any atom is -0.444 e. The molecular formula is C31H29ClN2O5. The molecule has 0 aromatic heterocycles. The van der Waals surface area contributed by atoms with Crippen LogP contribution in [0.1, 0.15) is 50.8 Å². The van der Waals surface area contributed by atoms with Crippen LogP contribution in [0.3, 0.4) is 0 Å². The lowest BCUT2D eigenvalue weighted by Gasteiger charge is -2.34. The van der Waals surface area contributed by atoms with E-state index in [1.54, 1.807) is 68.1 Å². The molecule has 0 aliphatic carbocycles. The summed E-state index contributed by atoms with van der Waals surface area (Å²) in [6.07, 6.45) is -0.477. The van der Waals surface area contributed by atoms with E-state index in [1.807, 2.05) is 37.3 Å². The van der Waals surface area contributed by atoms with Crippen molar-refractivity contribution in [2.24, 2.45) is 0 Å². The Hall–Kier alpha value is -4.10. The summed E-state index contributed by atoms with van der Waals surface area (Å²) in [5, 5.41) is 3.22. The molecule has 0 unspecified atom stereocenters. The molecule has 1 N–H and O–H groups in total. The van der Waals surface area contributed by atoms with Crippen LogP contribution >= 0.6 is 11.6 Å². The maximum Gasteiger partial charge on any atom is 0.412 e. The number of hydrogen-bond donors (Lipinski definition) is 1. The fourth-order valence-electron chi connectivity index (χ4n) is 5.15. The molecule has 39 heavy (non-hydrogen) atoms. The largest absolute Gasteiger partial charge is 0.444 e. The Bertz CT molecular complexity index is 1510. The second kappa shape index (κ2) is 9.89. The zero-order chi connectivity index (χ0) is 27.9. The van der Waals surface area contributed by atoms with Gasteiger partial charge in [0.05, 0.1) is 23.5 Å². The topological polar surface area (TPSA) is 84.9 Å². The van der Waals surface area contributed by atoms with Gasteiger partial charge in [-0.25, -0.2) is 9.59 Å². The van der Waals surface area contributed by atoms with Gasteiger partial charge in [-0.2, -0.15) is 0 Å². The highest BCUT2D eigenvalue weighted by Gasteiger charge is 2.56. The number of ether oxygens (including phenoxy) is 2. The highest BCUT2D eigenvalue weighted by Crippen LogP contribution is 2.51. The molecule has 0 saturated heterocycles. The zero-order valence-corrected chi connectivity index (χ0v) is 23.0. The van der Waals surface area contributed by atoms with Crippen molar-refractivity contribution < 1.29 is 23.9 Å². The fraction of sp³-hybridized carbons (Fsp3) is 0.258. The van der Waals surface area contributed by atoms with Crippen LogP contribution in [-0.4, -0.2) is 23.6 Å². The number of carbonyl (C=O) groups is 3. The summed E-state index contributed by atoms with van der Waals surface area (Å²) in [7, 11) is 0. The van der Waals surface area contributed by atoms with Gasteiger partial charge in [0.1, 0.15) is 5.60 Å². The summed E-state index contributed by atoms with van der Waals surface area (Å²) in [6, 6.07) is 21.7. The maximum absolute atomic E-state index is 14.0. The number of nitrogens with zero attached hydrogens (tertiary/aromatic N) is 1. The molecule has 2 aliphatic heterocycles. The smallest absolute Gasteiger partial charge is 0.412 e. The zero-order valence-electron chi connectivity index (χ0n) is 22.2. The van der Waals surface area contributed by atoms with Crippen LogP contribution in [0.15, 0.2) is 78.4 Å². The summed E-state index contributed by atoms with van der Waals surface area (Å²) in [6.45, 7) is 7.44. The van der Waals surface area contributed by atoms with Crippen LogP contribution in [0.25, 0.3) is 5.57 Å². The Morgan fingerprint density at radius 2 is 1.74 bits per heavy atom. The van der Waals surface area contributed by atoms with E-state index in [0.717, 1.165) is 5.56 Å². The number of anilines is 2. The van der Waals surface area contributed by atoms with E-state index in [1.165, 1.54) is 0 Å². The van der Waals surface area contributed by atoms with Crippen LogP contribution in [0.5, 0.6) is 0 Å². The van der Waals surface area contributed by atoms with Gasteiger partial charge in [0.25, 0.3) is 5.91 Å². The first-order valence-corrected chi connectivity index (χ1v) is 13.0. The van der Waals surface area contributed by atoms with Gasteiger partial charge in [-0.3, -0.25) is 10.1 Å². The van der Waals surface area contributed by atoms with Crippen molar-refractivity contribution in [3.63, 3.8) is 0 Å². The molecule has 0 bridgehead atoms. The minimum atomic E-state index is -1.51. The van der Waals surface area contributed by atoms with Gasteiger partial charge in [-0.05, 0) is 51.5 Å². The maximum atomic E-state index is 14.0. The van der Waals surface area contributed by atoms with Gasteiger partial charge in [0.15, 0.2) is 0 Å². The molecule has 7 nitrogen and oxygen atoms in total. The first kappa shape index (κ1) is 26.5. The number of halogens is 1. The van der Waals surface area contributed by atoms with E-state index in [-0.39, 0.29) is 12.3 Å². The number of esters is 1. The van der Waals surface area contributed by atoms with Gasteiger partial charge in [-0.15, -0.1) is 0 Å². The molecule has 2 amide bonds. The number of hydrogen-bond acceptors (Lipinski definition) is 5. The average Bonchev–Trinajstić information content (AvgIpc) is 3.06. The number of benzene rings is 3. The van der Waals surface area contributed by atoms with Crippen molar-refractivity contribution in [3.05, 3.63) is 100 Å². The van der Waals surface area contributed by atoms with Gasteiger partial charge in [0.2, 0.25) is 5.60 Å². The molecule has 0 saturated carbocycles. The summed E-state index contributed by atoms with van der Waals surface area (Å²) < 4.78 is 11.5. The molecule has 3 aromatic rings. The summed E-state index contributed by atoms with van der Waals surface area (Å²) in [5.74, 6) is -0.969. The van der Waals surface area contributed by atoms with Crippen molar-refractivity contribution in [2.45, 2.75) is 51.9 Å². The third-order valence-corrected chi connectivity index (χ3v) is 6.94. The van der Waals surface area contributed by atoms with Gasteiger partial charge in [-0.1, -0.05) is 71.8 Å². The van der Waals surface area contributed by atoms with E-state index < -0.39 is 23.3 Å². The third kappa shape index (κ3) is 5.02. The summed E-state index contributed by atoms with van der Waals surface area (Å²) in [4.78, 5) is 41.9. The van der Waals surface area contributed by atoms with E-state index in [4.69, 9.17) is 21.1 Å². The molecule has 2 heterocycles. The highest BCUT2D eigenvalue weighted by molar-refractivity contribution is 6.31. The molecule has 1 spiro atoms. The number of rotatable bonds is 4. The second-order valence-corrected chi connectivity index (χ2v) is 11.2. The number of fused-ring (bicyclic) bond motifs is 2. The lowest BCUT2D eigenvalue weighted by Crippen LogP contribution is -2.46. The second-order valence-electron chi connectivity index (χ2n) is 10.8. The standard InChI is InChI=1S/C31H29ClN2O5/c1-19-17-31(23-15-14-21(32)16-25(23)34(28(31)36)18-20-10-6-5-7-11-20)38-27(35)26(19)22-12-8-9-13-24(22)33-29(37)39-30(2,3)4/h5-16H,17-18H2,1-4H3,(H,33,37)/t31-/m0/s1. The highest BCUT2D eigenvalue weighted by atomic mass is 35.5. The van der Waals surface area contributed by atoms with E-state index in [2.05, 4.69) is 5.32 Å². The van der Waals surface area contributed by atoms with Gasteiger partial charge < -0.3 is 14.4 Å². The van der Waals surface area contributed by atoms with Crippen LogP contribution in [-0.2, 0) is 31.2 Å². The molecular weight excluding hydrogens is 516 g/mol.